The van der Waals surface area contributed by atoms with Crippen LogP contribution in [0.15, 0.2) is 0 Å². The summed E-state index contributed by atoms with van der Waals surface area (Å²) in [5.74, 6) is 3.37. The molecule has 4 heteroatoms. The molecule has 4 fully saturated rings. The van der Waals surface area contributed by atoms with E-state index < -0.39 is 5.54 Å². The normalized spacial score (nSPS) is 46.8. The van der Waals surface area contributed by atoms with Gasteiger partial charge in [-0.3, -0.25) is 9.59 Å². The smallest absolute Gasteiger partial charge is 0.248 e. The molecular weight excluding hydrogens is 240 g/mol. The van der Waals surface area contributed by atoms with E-state index >= 15 is 0 Å². The Morgan fingerprint density at radius 3 is 2.42 bits per heavy atom. The first kappa shape index (κ1) is 11.7. The highest BCUT2D eigenvalue weighted by Crippen LogP contribution is 2.67. The van der Waals surface area contributed by atoms with E-state index in [-0.39, 0.29) is 11.8 Å². The predicted octanol–water partition coefficient (Wildman–Crippen LogP) is 1.16. The topological polar surface area (TPSA) is 49.4 Å². The van der Waals surface area contributed by atoms with Crippen molar-refractivity contribution in [2.75, 3.05) is 6.54 Å². The molecule has 0 spiro atoms. The van der Waals surface area contributed by atoms with E-state index in [9.17, 15) is 9.59 Å². The van der Waals surface area contributed by atoms with Crippen molar-refractivity contribution in [1.82, 2.24) is 10.2 Å². The summed E-state index contributed by atoms with van der Waals surface area (Å²) in [5, 5.41) is 2.85. The number of carbonyl (C=O) groups is 2. The van der Waals surface area contributed by atoms with Crippen molar-refractivity contribution in [3.8, 4) is 0 Å². The third-order valence-corrected chi connectivity index (χ3v) is 5.88. The van der Waals surface area contributed by atoms with Crippen molar-refractivity contribution in [2.24, 2.45) is 23.7 Å². The third-order valence-electron chi connectivity index (χ3n) is 5.88. The summed E-state index contributed by atoms with van der Waals surface area (Å²) in [4.78, 5) is 26.4. The van der Waals surface area contributed by atoms with Gasteiger partial charge in [-0.05, 0) is 56.8 Å². The summed E-state index contributed by atoms with van der Waals surface area (Å²) in [6.45, 7) is 4.28. The van der Waals surface area contributed by atoms with Crippen LogP contribution in [0, 0.1) is 23.7 Å². The highest BCUT2D eigenvalue weighted by atomic mass is 16.2. The molecule has 4 unspecified atom stereocenters. The zero-order valence-electron chi connectivity index (χ0n) is 11.7. The molecule has 1 heterocycles. The van der Waals surface area contributed by atoms with E-state index in [2.05, 4.69) is 5.32 Å². The fraction of sp³-hybridized carbons (Fsp3) is 0.867. The average Bonchev–Trinajstić information content (AvgIpc) is 2.79. The number of rotatable bonds is 1. The molecule has 1 aliphatic heterocycles. The summed E-state index contributed by atoms with van der Waals surface area (Å²) in [6, 6.07) is 0.450. The minimum absolute atomic E-state index is 0.00892. The Hall–Kier alpha value is -1.06. The first-order valence-electron chi connectivity index (χ1n) is 7.61. The maximum Gasteiger partial charge on any atom is 0.248 e. The number of nitrogens with one attached hydrogen (secondary N) is 1. The van der Waals surface area contributed by atoms with Crippen LogP contribution in [0.25, 0.3) is 0 Å². The largest absolute Gasteiger partial charge is 0.342 e. The second-order valence-electron chi connectivity index (χ2n) is 7.40. The van der Waals surface area contributed by atoms with E-state index in [0.717, 1.165) is 23.7 Å². The number of fused-ring (bicyclic) bond motifs is 5. The first-order chi connectivity index (χ1) is 8.99. The van der Waals surface area contributed by atoms with Crippen molar-refractivity contribution in [3.63, 3.8) is 0 Å². The minimum atomic E-state index is -0.733. The molecule has 2 bridgehead atoms. The highest BCUT2D eigenvalue weighted by molar-refractivity contribution is 5.93. The molecule has 104 valence electrons. The molecule has 0 aromatic rings. The van der Waals surface area contributed by atoms with Gasteiger partial charge < -0.3 is 10.2 Å². The van der Waals surface area contributed by atoms with Gasteiger partial charge >= 0.3 is 0 Å². The van der Waals surface area contributed by atoms with Crippen LogP contribution in [-0.4, -0.2) is 34.8 Å². The summed E-state index contributed by atoms with van der Waals surface area (Å²) in [5.41, 5.74) is -0.733. The number of amides is 2. The second kappa shape index (κ2) is 3.53. The SMILES string of the molecule is CC1(C)NC(=O)CCN(C2C3C4CCC(C4)C32)C1=O. The van der Waals surface area contributed by atoms with Gasteiger partial charge in [-0.15, -0.1) is 0 Å². The fourth-order valence-electron chi connectivity index (χ4n) is 5.13. The lowest BCUT2D eigenvalue weighted by Crippen LogP contribution is -2.53. The van der Waals surface area contributed by atoms with Crippen molar-refractivity contribution in [3.05, 3.63) is 0 Å². The summed E-state index contributed by atoms with van der Waals surface area (Å²) >= 11 is 0. The van der Waals surface area contributed by atoms with Crippen LogP contribution < -0.4 is 5.32 Å². The van der Waals surface area contributed by atoms with Gasteiger partial charge in [-0.25, -0.2) is 0 Å². The molecule has 4 rings (SSSR count). The Morgan fingerprint density at radius 1 is 1.16 bits per heavy atom. The Morgan fingerprint density at radius 2 is 1.79 bits per heavy atom. The number of carbonyl (C=O) groups excluding carboxylic acids is 2. The van der Waals surface area contributed by atoms with E-state index in [0.29, 0.717) is 19.0 Å². The van der Waals surface area contributed by atoms with Gasteiger partial charge in [0.1, 0.15) is 5.54 Å². The predicted molar refractivity (Wildman–Crippen MR) is 70.2 cm³/mol. The van der Waals surface area contributed by atoms with E-state index in [4.69, 9.17) is 0 Å². The maximum absolute atomic E-state index is 12.7. The van der Waals surface area contributed by atoms with Crippen LogP contribution in [0.1, 0.15) is 39.5 Å². The molecule has 19 heavy (non-hydrogen) atoms. The number of hydrogen-bond acceptors (Lipinski definition) is 2. The quantitative estimate of drug-likeness (QED) is 0.771. The van der Waals surface area contributed by atoms with Crippen molar-refractivity contribution in [1.29, 1.82) is 0 Å². The van der Waals surface area contributed by atoms with Gasteiger partial charge in [0.05, 0.1) is 0 Å². The van der Waals surface area contributed by atoms with Crippen molar-refractivity contribution in [2.45, 2.75) is 51.1 Å². The number of hydrogen-bond donors (Lipinski definition) is 1. The van der Waals surface area contributed by atoms with Crippen LogP contribution in [0.5, 0.6) is 0 Å². The summed E-state index contributed by atoms with van der Waals surface area (Å²) < 4.78 is 0. The van der Waals surface area contributed by atoms with E-state index in [1.54, 1.807) is 0 Å². The van der Waals surface area contributed by atoms with Crippen LogP contribution in [-0.2, 0) is 9.59 Å². The molecular formula is C15H22N2O2. The fourth-order valence-corrected chi connectivity index (χ4v) is 5.13. The molecule has 4 aliphatic rings. The number of nitrogens with zero attached hydrogens (tertiary/aromatic N) is 1. The van der Waals surface area contributed by atoms with Gasteiger partial charge in [0.25, 0.3) is 0 Å². The Kier molecular flexibility index (Phi) is 2.18. The van der Waals surface area contributed by atoms with E-state index in [1.807, 2.05) is 18.7 Å². The van der Waals surface area contributed by atoms with Crippen LogP contribution >= 0.6 is 0 Å². The van der Waals surface area contributed by atoms with Crippen LogP contribution in [0.3, 0.4) is 0 Å². The van der Waals surface area contributed by atoms with Gasteiger partial charge in [0.15, 0.2) is 0 Å². The molecule has 0 aromatic heterocycles. The minimum Gasteiger partial charge on any atom is -0.342 e. The Bertz CT molecular complexity index is 443. The van der Waals surface area contributed by atoms with Crippen LogP contribution in [0.2, 0.25) is 0 Å². The Balaban J connectivity index is 1.58. The molecule has 0 aromatic carbocycles. The zero-order chi connectivity index (χ0) is 13.4. The molecule has 4 atom stereocenters. The van der Waals surface area contributed by atoms with Gasteiger partial charge in [0, 0.05) is 19.0 Å². The van der Waals surface area contributed by atoms with Gasteiger partial charge in [-0.2, -0.15) is 0 Å². The van der Waals surface area contributed by atoms with Crippen molar-refractivity contribution >= 4 is 11.8 Å². The lowest BCUT2D eigenvalue weighted by Gasteiger charge is -2.30. The zero-order valence-corrected chi connectivity index (χ0v) is 11.7. The molecule has 4 nitrogen and oxygen atoms in total. The monoisotopic (exact) mass is 262 g/mol. The first-order valence-corrected chi connectivity index (χ1v) is 7.61. The van der Waals surface area contributed by atoms with Crippen molar-refractivity contribution < 1.29 is 9.59 Å². The third kappa shape index (κ3) is 1.52. The average molecular weight is 262 g/mol. The molecule has 1 N–H and O–H groups in total. The molecule has 3 aliphatic carbocycles. The Labute approximate surface area is 113 Å². The summed E-state index contributed by atoms with van der Waals surface area (Å²) in [6.07, 6.45) is 4.59. The molecule has 2 amide bonds. The molecule has 1 saturated heterocycles. The van der Waals surface area contributed by atoms with Gasteiger partial charge in [0.2, 0.25) is 11.8 Å². The molecule has 0 radical (unpaired) electrons. The van der Waals surface area contributed by atoms with E-state index in [1.165, 1.54) is 19.3 Å². The standard InChI is InChI=1S/C15H22N2O2/c1-15(2)14(19)17(6-5-10(18)16-15)13-11-8-3-4-9(7-8)12(11)13/h8-9,11-13H,3-7H2,1-2H3,(H,16,18). The van der Waals surface area contributed by atoms with Crippen LogP contribution in [0.4, 0.5) is 0 Å². The van der Waals surface area contributed by atoms with Gasteiger partial charge in [-0.1, -0.05) is 0 Å². The maximum atomic E-state index is 12.7. The second-order valence-corrected chi connectivity index (χ2v) is 7.40. The molecule has 3 saturated carbocycles. The highest BCUT2D eigenvalue weighted by Gasteiger charge is 2.68. The lowest BCUT2D eigenvalue weighted by molar-refractivity contribution is -0.138. The summed E-state index contributed by atoms with van der Waals surface area (Å²) in [7, 11) is 0. The lowest BCUT2D eigenvalue weighted by atomic mass is 10.0.